The molecule has 2 aromatic rings. The van der Waals surface area contributed by atoms with E-state index >= 15 is 0 Å². The molecule has 108 valence electrons. The average Bonchev–Trinajstić information content (AvgIpc) is 2.92. The molecule has 0 saturated heterocycles. The van der Waals surface area contributed by atoms with Crippen LogP contribution < -0.4 is 5.32 Å². The first-order valence-corrected chi connectivity index (χ1v) is 7.43. The first kappa shape index (κ1) is 13.5. The van der Waals surface area contributed by atoms with E-state index in [2.05, 4.69) is 15.5 Å². The van der Waals surface area contributed by atoms with Gasteiger partial charge in [0.15, 0.2) is 11.5 Å². The first-order valence-electron chi connectivity index (χ1n) is 7.43. The number of rotatable bonds is 5. The molecule has 0 radical (unpaired) electrons. The Hall–Kier alpha value is -1.46. The summed E-state index contributed by atoms with van der Waals surface area (Å²) in [6.07, 6.45) is 7.99. The molecule has 2 aromatic heterocycles. The van der Waals surface area contributed by atoms with Crippen molar-refractivity contribution in [3.05, 3.63) is 30.2 Å². The van der Waals surface area contributed by atoms with E-state index < -0.39 is 0 Å². The summed E-state index contributed by atoms with van der Waals surface area (Å²) in [5.74, 6) is 0.921. The van der Waals surface area contributed by atoms with Crippen LogP contribution in [0.3, 0.4) is 0 Å². The largest absolute Gasteiger partial charge is 0.396 e. The predicted octanol–water partition coefficient (Wildman–Crippen LogP) is 1.76. The van der Waals surface area contributed by atoms with Gasteiger partial charge in [-0.3, -0.25) is 4.40 Å². The van der Waals surface area contributed by atoms with Crippen LogP contribution in [0.15, 0.2) is 24.4 Å². The van der Waals surface area contributed by atoms with Gasteiger partial charge in [-0.1, -0.05) is 25.3 Å². The summed E-state index contributed by atoms with van der Waals surface area (Å²) in [5, 5.41) is 21.5. The second-order valence-electron chi connectivity index (χ2n) is 5.87. The zero-order valence-corrected chi connectivity index (χ0v) is 11.8. The number of aromatic nitrogens is 3. The lowest BCUT2D eigenvalue weighted by molar-refractivity contribution is 0.0808. The van der Waals surface area contributed by atoms with Crippen LogP contribution in [0.25, 0.3) is 5.65 Å². The third kappa shape index (κ3) is 2.69. The SMILES string of the molecule is OCC1(CNCc2nnc3ccccn23)CCCCC1. The van der Waals surface area contributed by atoms with Gasteiger partial charge in [0.25, 0.3) is 0 Å². The van der Waals surface area contributed by atoms with Crippen LogP contribution in [0.1, 0.15) is 37.9 Å². The van der Waals surface area contributed by atoms with E-state index in [1.807, 2.05) is 28.8 Å². The molecule has 0 amide bonds. The quantitative estimate of drug-likeness (QED) is 0.872. The average molecular weight is 274 g/mol. The molecule has 0 spiro atoms. The Morgan fingerprint density at radius 1 is 1.20 bits per heavy atom. The van der Waals surface area contributed by atoms with Crippen LogP contribution in [-0.2, 0) is 6.54 Å². The van der Waals surface area contributed by atoms with Crippen LogP contribution >= 0.6 is 0 Å². The van der Waals surface area contributed by atoms with Crippen molar-refractivity contribution < 1.29 is 5.11 Å². The van der Waals surface area contributed by atoms with Crippen LogP contribution in [-0.4, -0.2) is 32.9 Å². The fourth-order valence-electron chi connectivity index (χ4n) is 3.14. The summed E-state index contributed by atoms with van der Waals surface area (Å²) < 4.78 is 2.00. The lowest BCUT2D eigenvalue weighted by Gasteiger charge is -2.35. The number of hydrogen-bond acceptors (Lipinski definition) is 4. The van der Waals surface area contributed by atoms with E-state index in [-0.39, 0.29) is 12.0 Å². The maximum Gasteiger partial charge on any atom is 0.160 e. The summed E-state index contributed by atoms with van der Waals surface area (Å²) >= 11 is 0. The van der Waals surface area contributed by atoms with Crippen molar-refractivity contribution in [2.75, 3.05) is 13.2 Å². The van der Waals surface area contributed by atoms with E-state index in [4.69, 9.17) is 0 Å². The Bertz CT molecular complexity index is 560. The van der Waals surface area contributed by atoms with Crippen molar-refractivity contribution in [2.45, 2.75) is 38.6 Å². The summed E-state index contributed by atoms with van der Waals surface area (Å²) in [7, 11) is 0. The molecule has 20 heavy (non-hydrogen) atoms. The molecule has 3 rings (SSSR count). The summed E-state index contributed by atoms with van der Waals surface area (Å²) in [4.78, 5) is 0. The highest BCUT2D eigenvalue weighted by molar-refractivity contribution is 5.36. The Kier molecular flexibility index (Phi) is 3.98. The van der Waals surface area contributed by atoms with Gasteiger partial charge in [0.1, 0.15) is 0 Å². The van der Waals surface area contributed by atoms with Gasteiger partial charge in [-0.05, 0) is 25.0 Å². The number of hydrogen-bond donors (Lipinski definition) is 2. The molecule has 0 unspecified atom stereocenters. The molecule has 1 aliphatic rings. The van der Waals surface area contributed by atoms with E-state index in [0.29, 0.717) is 6.54 Å². The van der Waals surface area contributed by atoms with Crippen LogP contribution in [0.2, 0.25) is 0 Å². The third-order valence-electron chi connectivity index (χ3n) is 4.42. The second-order valence-corrected chi connectivity index (χ2v) is 5.87. The second kappa shape index (κ2) is 5.89. The minimum Gasteiger partial charge on any atom is -0.396 e. The summed E-state index contributed by atoms with van der Waals surface area (Å²) in [5.41, 5.74) is 0.942. The van der Waals surface area contributed by atoms with Crippen LogP contribution in [0.4, 0.5) is 0 Å². The van der Waals surface area contributed by atoms with E-state index in [0.717, 1.165) is 30.9 Å². The molecule has 0 bridgehead atoms. The van der Waals surface area contributed by atoms with Crippen molar-refractivity contribution in [3.63, 3.8) is 0 Å². The number of aliphatic hydroxyl groups is 1. The molecule has 2 N–H and O–H groups in total. The van der Waals surface area contributed by atoms with Gasteiger partial charge >= 0.3 is 0 Å². The predicted molar refractivity (Wildman–Crippen MR) is 77.3 cm³/mol. The number of nitrogens with zero attached hydrogens (tertiary/aromatic N) is 3. The number of nitrogens with one attached hydrogen (secondary N) is 1. The standard InChI is InChI=1S/C15H22N4O/c20-12-15(7-3-1-4-8-15)11-16-10-14-18-17-13-6-2-5-9-19(13)14/h2,5-6,9,16,20H,1,3-4,7-8,10-12H2. The highest BCUT2D eigenvalue weighted by Gasteiger charge is 2.30. The van der Waals surface area contributed by atoms with Gasteiger partial charge in [-0.2, -0.15) is 0 Å². The summed E-state index contributed by atoms with van der Waals surface area (Å²) in [6, 6.07) is 5.90. The molecule has 5 nitrogen and oxygen atoms in total. The van der Waals surface area contributed by atoms with Gasteiger partial charge in [-0.25, -0.2) is 0 Å². The summed E-state index contributed by atoms with van der Waals surface area (Å²) in [6.45, 7) is 1.82. The maximum atomic E-state index is 9.70. The van der Waals surface area contributed by atoms with Gasteiger partial charge in [0, 0.05) is 24.8 Å². The zero-order chi connectivity index (χ0) is 13.8. The highest BCUT2D eigenvalue weighted by Crippen LogP contribution is 2.35. The van der Waals surface area contributed by atoms with E-state index in [1.54, 1.807) is 0 Å². The monoisotopic (exact) mass is 274 g/mol. The fourth-order valence-corrected chi connectivity index (χ4v) is 3.14. The minimum atomic E-state index is 0.0682. The maximum absolute atomic E-state index is 9.70. The minimum absolute atomic E-state index is 0.0682. The lowest BCUT2D eigenvalue weighted by atomic mass is 9.74. The van der Waals surface area contributed by atoms with Crippen molar-refractivity contribution in [1.82, 2.24) is 19.9 Å². The van der Waals surface area contributed by atoms with Crippen molar-refractivity contribution in [2.24, 2.45) is 5.41 Å². The normalized spacial score (nSPS) is 18.4. The van der Waals surface area contributed by atoms with E-state index in [1.165, 1.54) is 19.3 Å². The van der Waals surface area contributed by atoms with Crippen molar-refractivity contribution in [3.8, 4) is 0 Å². The lowest BCUT2D eigenvalue weighted by Crippen LogP contribution is -2.39. The molecule has 0 atom stereocenters. The first-order chi connectivity index (χ1) is 9.83. The van der Waals surface area contributed by atoms with Gasteiger partial charge < -0.3 is 10.4 Å². The van der Waals surface area contributed by atoms with Crippen molar-refractivity contribution >= 4 is 5.65 Å². The molecule has 1 saturated carbocycles. The smallest absolute Gasteiger partial charge is 0.160 e. The Morgan fingerprint density at radius 3 is 2.85 bits per heavy atom. The highest BCUT2D eigenvalue weighted by atomic mass is 16.3. The number of pyridine rings is 1. The Labute approximate surface area is 119 Å². The number of fused-ring (bicyclic) bond motifs is 1. The van der Waals surface area contributed by atoms with Crippen LogP contribution in [0.5, 0.6) is 0 Å². The Balaban J connectivity index is 1.62. The van der Waals surface area contributed by atoms with Crippen molar-refractivity contribution in [1.29, 1.82) is 0 Å². The van der Waals surface area contributed by atoms with Gasteiger partial charge in [0.05, 0.1) is 6.54 Å². The molecule has 5 heteroatoms. The molecular weight excluding hydrogens is 252 g/mol. The van der Waals surface area contributed by atoms with E-state index in [9.17, 15) is 5.11 Å². The number of aliphatic hydroxyl groups excluding tert-OH is 1. The Morgan fingerprint density at radius 2 is 2.05 bits per heavy atom. The molecule has 0 aromatic carbocycles. The zero-order valence-electron chi connectivity index (χ0n) is 11.8. The fraction of sp³-hybridized carbons (Fsp3) is 0.600. The molecule has 1 aliphatic carbocycles. The molecular formula is C15H22N4O. The van der Waals surface area contributed by atoms with Gasteiger partial charge in [-0.15, -0.1) is 10.2 Å². The topological polar surface area (TPSA) is 62.5 Å². The third-order valence-corrected chi connectivity index (χ3v) is 4.42. The molecule has 1 fully saturated rings. The molecule has 0 aliphatic heterocycles. The van der Waals surface area contributed by atoms with Crippen LogP contribution in [0, 0.1) is 5.41 Å². The van der Waals surface area contributed by atoms with Gasteiger partial charge in [0.2, 0.25) is 0 Å². The molecule has 2 heterocycles.